The standard InChI is InChI=1S/C16H26N4O/c1-12(2)15(19(3)10-11-21)16-18-13-6-4-5-7-14(13)20(16)9-8-17/h4-7,12,15,21H,8-11,17H2,1-3H3. The van der Waals surface area contributed by atoms with Crippen LogP contribution in [-0.2, 0) is 6.54 Å². The van der Waals surface area contributed by atoms with Crippen LogP contribution in [0.2, 0.25) is 0 Å². The smallest absolute Gasteiger partial charge is 0.127 e. The van der Waals surface area contributed by atoms with E-state index in [9.17, 15) is 5.11 Å². The molecule has 0 aliphatic carbocycles. The number of benzene rings is 1. The normalized spacial score (nSPS) is 13.5. The number of aliphatic hydroxyl groups is 1. The Kier molecular flexibility index (Phi) is 5.33. The molecule has 0 saturated heterocycles. The highest BCUT2D eigenvalue weighted by atomic mass is 16.3. The number of hydrogen-bond donors (Lipinski definition) is 2. The van der Waals surface area contributed by atoms with Crippen LogP contribution in [-0.4, -0.2) is 46.3 Å². The molecule has 1 aromatic carbocycles. The fourth-order valence-electron chi connectivity index (χ4n) is 2.99. The van der Waals surface area contributed by atoms with E-state index in [4.69, 9.17) is 10.7 Å². The largest absolute Gasteiger partial charge is 0.395 e. The molecular weight excluding hydrogens is 264 g/mol. The van der Waals surface area contributed by atoms with Crippen molar-refractivity contribution in [1.82, 2.24) is 14.5 Å². The Morgan fingerprint density at radius 3 is 2.67 bits per heavy atom. The summed E-state index contributed by atoms with van der Waals surface area (Å²) >= 11 is 0. The summed E-state index contributed by atoms with van der Waals surface area (Å²) in [6.45, 7) is 6.49. The first-order valence-corrected chi connectivity index (χ1v) is 7.56. The number of hydrogen-bond acceptors (Lipinski definition) is 4. The Bertz CT molecular complexity index is 579. The quantitative estimate of drug-likeness (QED) is 0.813. The van der Waals surface area contributed by atoms with E-state index < -0.39 is 0 Å². The third-order valence-electron chi connectivity index (χ3n) is 3.86. The Hall–Kier alpha value is -1.43. The molecule has 0 aliphatic rings. The first-order valence-electron chi connectivity index (χ1n) is 7.56. The molecule has 0 aliphatic heterocycles. The third kappa shape index (κ3) is 3.26. The van der Waals surface area contributed by atoms with E-state index in [2.05, 4.69) is 29.4 Å². The van der Waals surface area contributed by atoms with Crippen LogP contribution in [0.15, 0.2) is 24.3 Å². The predicted octanol–water partition coefficient (Wildman–Crippen LogP) is 1.62. The van der Waals surface area contributed by atoms with E-state index in [1.165, 1.54) is 0 Å². The maximum absolute atomic E-state index is 9.24. The van der Waals surface area contributed by atoms with E-state index in [0.717, 1.165) is 23.4 Å². The molecule has 1 heterocycles. The van der Waals surface area contributed by atoms with Gasteiger partial charge in [-0.2, -0.15) is 0 Å². The lowest BCUT2D eigenvalue weighted by molar-refractivity contribution is 0.143. The van der Waals surface area contributed by atoms with Crippen LogP contribution in [0.4, 0.5) is 0 Å². The third-order valence-corrected chi connectivity index (χ3v) is 3.86. The number of likely N-dealkylation sites (N-methyl/N-ethyl adjacent to an activating group) is 1. The number of imidazole rings is 1. The van der Waals surface area contributed by atoms with E-state index >= 15 is 0 Å². The molecule has 2 aromatic rings. The highest BCUT2D eigenvalue weighted by molar-refractivity contribution is 5.76. The highest BCUT2D eigenvalue weighted by Gasteiger charge is 2.26. The molecule has 1 atom stereocenters. The van der Waals surface area contributed by atoms with Crippen molar-refractivity contribution in [3.8, 4) is 0 Å². The van der Waals surface area contributed by atoms with Gasteiger partial charge in [0.15, 0.2) is 0 Å². The number of nitrogens with two attached hydrogens (primary N) is 1. The van der Waals surface area contributed by atoms with Gasteiger partial charge in [-0.05, 0) is 25.1 Å². The molecule has 5 heteroatoms. The minimum Gasteiger partial charge on any atom is -0.395 e. The monoisotopic (exact) mass is 290 g/mol. The molecule has 0 amide bonds. The summed E-state index contributed by atoms with van der Waals surface area (Å²) in [5.41, 5.74) is 7.92. The van der Waals surface area contributed by atoms with Crippen molar-refractivity contribution in [2.45, 2.75) is 26.4 Å². The summed E-state index contributed by atoms with van der Waals surface area (Å²) in [5, 5.41) is 9.24. The summed E-state index contributed by atoms with van der Waals surface area (Å²) < 4.78 is 2.22. The number of para-hydroxylation sites is 2. The zero-order valence-electron chi connectivity index (χ0n) is 13.2. The lowest BCUT2D eigenvalue weighted by atomic mass is 10.0. The van der Waals surface area contributed by atoms with Crippen LogP contribution >= 0.6 is 0 Å². The Morgan fingerprint density at radius 1 is 1.33 bits per heavy atom. The average Bonchev–Trinajstić information content (AvgIpc) is 2.78. The van der Waals surface area contributed by atoms with Gasteiger partial charge in [0.05, 0.1) is 23.7 Å². The SMILES string of the molecule is CC(C)C(c1nc2ccccc2n1CCN)N(C)CCO. The minimum atomic E-state index is 0.150. The molecule has 116 valence electrons. The van der Waals surface area contributed by atoms with Crippen molar-refractivity contribution >= 4 is 11.0 Å². The molecule has 0 saturated carbocycles. The average molecular weight is 290 g/mol. The molecule has 0 spiro atoms. The predicted molar refractivity (Wildman–Crippen MR) is 86.1 cm³/mol. The Morgan fingerprint density at radius 2 is 2.05 bits per heavy atom. The minimum absolute atomic E-state index is 0.150. The van der Waals surface area contributed by atoms with Gasteiger partial charge in [0.2, 0.25) is 0 Å². The summed E-state index contributed by atoms with van der Waals surface area (Å²) in [4.78, 5) is 7.01. The van der Waals surface area contributed by atoms with Crippen LogP contribution in [0.1, 0.15) is 25.7 Å². The maximum Gasteiger partial charge on any atom is 0.127 e. The lowest BCUT2D eigenvalue weighted by Crippen LogP contribution is -2.33. The number of fused-ring (bicyclic) bond motifs is 1. The van der Waals surface area contributed by atoms with Gasteiger partial charge in [-0.1, -0.05) is 26.0 Å². The molecule has 5 nitrogen and oxygen atoms in total. The zero-order valence-corrected chi connectivity index (χ0v) is 13.2. The number of aromatic nitrogens is 2. The molecule has 3 N–H and O–H groups in total. The van der Waals surface area contributed by atoms with Gasteiger partial charge in [0.25, 0.3) is 0 Å². The van der Waals surface area contributed by atoms with Crippen LogP contribution < -0.4 is 5.73 Å². The second kappa shape index (κ2) is 7.02. The highest BCUT2D eigenvalue weighted by Crippen LogP contribution is 2.29. The molecule has 1 aromatic heterocycles. The molecule has 0 radical (unpaired) electrons. The van der Waals surface area contributed by atoms with Gasteiger partial charge in [-0.25, -0.2) is 4.98 Å². The molecule has 2 rings (SSSR count). The Labute approximate surface area is 126 Å². The number of rotatable bonds is 7. The number of nitrogens with zero attached hydrogens (tertiary/aromatic N) is 3. The van der Waals surface area contributed by atoms with Gasteiger partial charge in [0, 0.05) is 19.6 Å². The van der Waals surface area contributed by atoms with Crippen molar-refractivity contribution in [3.05, 3.63) is 30.1 Å². The topological polar surface area (TPSA) is 67.3 Å². The van der Waals surface area contributed by atoms with E-state index in [0.29, 0.717) is 19.0 Å². The lowest BCUT2D eigenvalue weighted by Gasteiger charge is -2.30. The Balaban J connectivity index is 2.53. The van der Waals surface area contributed by atoms with Crippen LogP contribution in [0.5, 0.6) is 0 Å². The fourth-order valence-corrected chi connectivity index (χ4v) is 2.99. The molecule has 1 unspecified atom stereocenters. The van der Waals surface area contributed by atoms with Crippen LogP contribution in [0, 0.1) is 5.92 Å². The van der Waals surface area contributed by atoms with E-state index in [1.807, 2.05) is 25.2 Å². The molecule has 0 bridgehead atoms. The van der Waals surface area contributed by atoms with E-state index in [1.54, 1.807) is 0 Å². The molecule has 21 heavy (non-hydrogen) atoms. The number of aliphatic hydroxyl groups excluding tert-OH is 1. The first kappa shape index (κ1) is 15.9. The van der Waals surface area contributed by atoms with Crippen molar-refractivity contribution < 1.29 is 5.11 Å². The van der Waals surface area contributed by atoms with Gasteiger partial charge in [-0.15, -0.1) is 0 Å². The van der Waals surface area contributed by atoms with Crippen LogP contribution in [0.3, 0.4) is 0 Å². The second-order valence-electron chi connectivity index (χ2n) is 5.79. The van der Waals surface area contributed by atoms with Crippen LogP contribution in [0.25, 0.3) is 11.0 Å². The zero-order chi connectivity index (χ0) is 15.4. The van der Waals surface area contributed by atoms with Gasteiger partial charge in [0.1, 0.15) is 5.82 Å². The maximum atomic E-state index is 9.24. The summed E-state index contributed by atoms with van der Waals surface area (Å²) in [7, 11) is 2.03. The van der Waals surface area contributed by atoms with Crippen molar-refractivity contribution in [3.63, 3.8) is 0 Å². The molecular formula is C16H26N4O. The summed E-state index contributed by atoms with van der Waals surface area (Å²) in [6.07, 6.45) is 0. The fraction of sp³-hybridized carbons (Fsp3) is 0.562. The first-order chi connectivity index (χ1) is 10.1. The second-order valence-corrected chi connectivity index (χ2v) is 5.79. The van der Waals surface area contributed by atoms with Crippen molar-refractivity contribution in [1.29, 1.82) is 0 Å². The summed E-state index contributed by atoms with van der Waals surface area (Å²) in [6, 6.07) is 8.33. The van der Waals surface area contributed by atoms with Gasteiger partial charge < -0.3 is 15.4 Å². The van der Waals surface area contributed by atoms with Crippen molar-refractivity contribution in [2.24, 2.45) is 11.7 Å². The molecule has 0 fully saturated rings. The van der Waals surface area contributed by atoms with Gasteiger partial charge >= 0.3 is 0 Å². The van der Waals surface area contributed by atoms with E-state index in [-0.39, 0.29) is 12.6 Å². The van der Waals surface area contributed by atoms with Gasteiger partial charge in [-0.3, -0.25) is 4.90 Å². The summed E-state index contributed by atoms with van der Waals surface area (Å²) in [5.74, 6) is 1.43. The van der Waals surface area contributed by atoms with Crippen molar-refractivity contribution in [2.75, 3.05) is 26.7 Å².